The predicted molar refractivity (Wildman–Crippen MR) is 54.5 cm³/mol. The van der Waals surface area contributed by atoms with Gasteiger partial charge in [-0.1, -0.05) is 23.8 Å². The summed E-state index contributed by atoms with van der Waals surface area (Å²) in [5.41, 5.74) is 4.80. The summed E-state index contributed by atoms with van der Waals surface area (Å²) >= 11 is 5.72. The molecule has 2 N–H and O–H groups in total. The summed E-state index contributed by atoms with van der Waals surface area (Å²) in [6.07, 6.45) is -1.34. The van der Waals surface area contributed by atoms with Crippen LogP contribution in [0.2, 0.25) is 5.02 Å². The molecule has 1 rings (SSSR count). The summed E-state index contributed by atoms with van der Waals surface area (Å²) in [7, 11) is 0. The summed E-state index contributed by atoms with van der Waals surface area (Å²) in [5.74, 6) is 0. The standard InChI is InChI=1S/C10H9ClF3N/c11-9-4-3-8(10(12,13)14)6-7(9)2-1-5-15/h1-4,6H,5,15H2. The third-order valence-electron chi connectivity index (χ3n) is 1.76. The van der Waals surface area contributed by atoms with Crippen LogP contribution in [0, 0.1) is 0 Å². The van der Waals surface area contributed by atoms with Crippen molar-refractivity contribution in [3.63, 3.8) is 0 Å². The zero-order valence-electron chi connectivity index (χ0n) is 7.68. The second kappa shape index (κ2) is 4.68. The SMILES string of the molecule is NCC=Cc1cc(C(F)(F)F)ccc1Cl. The van der Waals surface area contributed by atoms with E-state index in [1.807, 2.05) is 0 Å². The lowest BCUT2D eigenvalue weighted by atomic mass is 10.1. The van der Waals surface area contributed by atoms with Gasteiger partial charge in [-0.25, -0.2) is 0 Å². The summed E-state index contributed by atoms with van der Waals surface area (Å²) in [6.45, 7) is 0.257. The lowest BCUT2D eigenvalue weighted by Gasteiger charge is -2.08. The monoisotopic (exact) mass is 235 g/mol. The topological polar surface area (TPSA) is 26.0 Å². The van der Waals surface area contributed by atoms with Crippen LogP contribution in [0.1, 0.15) is 11.1 Å². The average molecular weight is 236 g/mol. The second-order valence-corrected chi connectivity index (χ2v) is 3.28. The maximum Gasteiger partial charge on any atom is 0.416 e. The Morgan fingerprint density at radius 2 is 2.00 bits per heavy atom. The molecule has 0 heterocycles. The molecule has 0 saturated heterocycles. The molecule has 82 valence electrons. The molecular formula is C10H9ClF3N. The Balaban J connectivity index is 3.11. The summed E-state index contributed by atoms with van der Waals surface area (Å²) in [5, 5.41) is 0.271. The van der Waals surface area contributed by atoms with Crippen LogP contribution >= 0.6 is 11.6 Å². The summed E-state index contributed by atoms with van der Waals surface area (Å²) in [4.78, 5) is 0. The van der Waals surface area contributed by atoms with Crippen LogP contribution in [0.3, 0.4) is 0 Å². The van der Waals surface area contributed by atoms with E-state index in [0.29, 0.717) is 5.56 Å². The number of nitrogens with two attached hydrogens (primary N) is 1. The molecule has 0 saturated carbocycles. The normalized spacial score (nSPS) is 12.3. The van der Waals surface area contributed by atoms with Gasteiger partial charge < -0.3 is 5.73 Å². The zero-order chi connectivity index (χ0) is 11.5. The van der Waals surface area contributed by atoms with Gasteiger partial charge in [0.2, 0.25) is 0 Å². The zero-order valence-corrected chi connectivity index (χ0v) is 8.44. The third-order valence-corrected chi connectivity index (χ3v) is 2.10. The molecule has 1 nitrogen and oxygen atoms in total. The first-order chi connectivity index (χ1) is 6.95. The van der Waals surface area contributed by atoms with Gasteiger partial charge in [0.05, 0.1) is 5.56 Å². The Labute approximate surface area is 90.3 Å². The molecule has 1 aromatic carbocycles. The minimum atomic E-state index is -4.35. The molecule has 0 atom stereocenters. The molecule has 0 aliphatic heterocycles. The Kier molecular flexibility index (Phi) is 3.77. The first kappa shape index (κ1) is 12.1. The minimum absolute atomic E-state index is 0.257. The molecule has 0 bridgehead atoms. The van der Waals surface area contributed by atoms with E-state index in [0.717, 1.165) is 12.1 Å². The highest BCUT2D eigenvalue weighted by Gasteiger charge is 2.30. The van der Waals surface area contributed by atoms with Crippen molar-refractivity contribution >= 4 is 17.7 Å². The van der Waals surface area contributed by atoms with E-state index in [-0.39, 0.29) is 11.6 Å². The van der Waals surface area contributed by atoms with Gasteiger partial charge in [-0.15, -0.1) is 0 Å². The molecule has 0 aromatic heterocycles. The molecule has 0 aliphatic carbocycles. The van der Waals surface area contributed by atoms with E-state index < -0.39 is 11.7 Å². The highest BCUT2D eigenvalue weighted by Crippen LogP contribution is 2.32. The summed E-state index contributed by atoms with van der Waals surface area (Å²) < 4.78 is 37.0. The number of hydrogen-bond donors (Lipinski definition) is 1. The highest BCUT2D eigenvalue weighted by molar-refractivity contribution is 6.32. The van der Waals surface area contributed by atoms with E-state index in [4.69, 9.17) is 17.3 Å². The molecule has 0 amide bonds. The molecule has 0 radical (unpaired) electrons. The van der Waals surface area contributed by atoms with Gasteiger partial charge in [-0.05, 0) is 23.8 Å². The van der Waals surface area contributed by atoms with Crippen molar-refractivity contribution in [1.29, 1.82) is 0 Å². The fourth-order valence-corrected chi connectivity index (χ4v) is 1.22. The van der Waals surface area contributed by atoms with Gasteiger partial charge in [-0.2, -0.15) is 13.2 Å². The Morgan fingerprint density at radius 3 is 2.53 bits per heavy atom. The molecular weight excluding hydrogens is 227 g/mol. The van der Waals surface area contributed by atoms with Crippen LogP contribution in [-0.4, -0.2) is 6.54 Å². The first-order valence-corrected chi connectivity index (χ1v) is 4.56. The first-order valence-electron chi connectivity index (χ1n) is 4.18. The van der Waals surface area contributed by atoms with E-state index in [9.17, 15) is 13.2 Å². The lowest BCUT2D eigenvalue weighted by Crippen LogP contribution is -2.04. The highest BCUT2D eigenvalue weighted by atomic mass is 35.5. The van der Waals surface area contributed by atoms with E-state index >= 15 is 0 Å². The molecule has 15 heavy (non-hydrogen) atoms. The van der Waals surface area contributed by atoms with Crippen molar-refractivity contribution in [1.82, 2.24) is 0 Å². The smallest absolute Gasteiger partial charge is 0.327 e. The Bertz CT molecular complexity index is 371. The second-order valence-electron chi connectivity index (χ2n) is 2.87. The fraction of sp³-hybridized carbons (Fsp3) is 0.200. The molecule has 1 aromatic rings. The molecule has 0 fully saturated rings. The van der Waals surface area contributed by atoms with E-state index in [2.05, 4.69) is 0 Å². The maximum absolute atomic E-state index is 12.3. The maximum atomic E-state index is 12.3. The minimum Gasteiger partial charge on any atom is -0.327 e. The van der Waals surface area contributed by atoms with E-state index in [1.54, 1.807) is 6.08 Å². The fourth-order valence-electron chi connectivity index (χ4n) is 1.04. The van der Waals surface area contributed by atoms with Crippen molar-refractivity contribution in [3.05, 3.63) is 40.4 Å². The van der Waals surface area contributed by atoms with Gasteiger partial charge in [0.25, 0.3) is 0 Å². The number of alkyl halides is 3. The van der Waals surface area contributed by atoms with Crippen LogP contribution in [0.4, 0.5) is 13.2 Å². The van der Waals surface area contributed by atoms with Gasteiger partial charge in [0, 0.05) is 11.6 Å². The number of rotatable bonds is 2. The molecule has 0 spiro atoms. The predicted octanol–water partition coefficient (Wildman–Crippen LogP) is 3.33. The third kappa shape index (κ3) is 3.25. The average Bonchev–Trinajstić information content (AvgIpc) is 2.15. The van der Waals surface area contributed by atoms with Crippen LogP contribution in [-0.2, 0) is 6.18 Å². The summed E-state index contributed by atoms with van der Waals surface area (Å²) in [6, 6.07) is 3.16. The Morgan fingerprint density at radius 1 is 1.33 bits per heavy atom. The van der Waals surface area contributed by atoms with Crippen LogP contribution in [0.5, 0.6) is 0 Å². The number of hydrogen-bond acceptors (Lipinski definition) is 1. The molecule has 0 unspecified atom stereocenters. The Hall–Kier alpha value is -1.00. The lowest BCUT2D eigenvalue weighted by molar-refractivity contribution is -0.137. The van der Waals surface area contributed by atoms with Gasteiger partial charge >= 0.3 is 6.18 Å². The van der Waals surface area contributed by atoms with Crippen LogP contribution < -0.4 is 5.73 Å². The van der Waals surface area contributed by atoms with Gasteiger partial charge in [0.1, 0.15) is 0 Å². The van der Waals surface area contributed by atoms with Crippen molar-refractivity contribution in [2.75, 3.05) is 6.54 Å². The van der Waals surface area contributed by atoms with Crippen molar-refractivity contribution < 1.29 is 13.2 Å². The van der Waals surface area contributed by atoms with Crippen molar-refractivity contribution in [2.24, 2.45) is 5.73 Å². The largest absolute Gasteiger partial charge is 0.416 e. The number of halogens is 4. The van der Waals surface area contributed by atoms with Gasteiger partial charge in [0.15, 0.2) is 0 Å². The quantitative estimate of drug-likeness (QED) is 0.836. The van der Waals surface area contributed by atoms with Crippen molar-refractivity contribution in [3.8, 4) is 0 Å². The van der Waals surface area contributed by atoms with Crippen LogP contribution in [0.15, 0.2) is 24.3 Å². The van der Waals surface area contributed by atoms with Crippen molar-refractivity contribution in [2.45, 2.75) is 6.18 Å². The van der Waals surface area contributed by atoms with E-state index in [1.165, 1.54) is 12.1 Å². The molecule has 0 aliphatic rings. The van der Waals surface area contributed by atoms with Gasteiger partial charge in [-0.3, -0.25) is 0 Å². The van der Waals surface area contributed by atoms with Crippen LogP contribution in [0.25, 0.3) is 6.08 Å². The molecule has 5 heteroatoms. The number of benzene rings is 1.